The third kappa shape index (κ3) is 3.61. The van der Waals surface area contributed by atoms with Crippen LogP contribution < -0.4 is 9.47 Å². The highest BCUT2D eigenvalue weighted by atomic mass is 19.2. The van der Waals surface area contributed by atoms with Gasteiger partial charge in [0, 0.05) is 5.56 Å². The Bertz CT molecular complexity index is 535. The molecular formula is C19H28F2O2. The summed E-state index contributed by atoms with van der Waals surface area (Å²) in [7, 11) is 2.84. The largest absolute Gasteiger partial charge is 0.492 e. The number of hydrogen-bond donors (Lipinski definition) is 0. The predicted molar refractivity (Wildman–Crippen MR) is 88.4 cm³/mol. The van der Waals surface area contributed by atoms with Crippen molar-refractivity contribution in [3.05, 3.63) is 22.8 Å². The van der Waals surface area contributed by atoms with Crippen molar-refractivity contribution in [2.24, 2.45) is 5.92 Å². The number of halogens is 2. The van der Waals surface area contributed by atoms with E-state index in [1.165, 1.54) is 33.5 Å². The average Bonchev–Trinajstić information content (AvgIpc) is 2.58. The SMILES string of the molecule is CCCCC1CCC(c2c(C)c(F)c(F)c(OC)c2OC)CC1. The Morgan fingerprint density at radius 2 is 1.57 bits per heavy atom. The average molecular weight is 326 g/mol. The maximum atomic E-state index is 14.2. The van der Waals surface area contributed by atoms with E-state index in [4.69, 9.17) is 9.47 Å². The lowest BCUT2D eigenvalue weighted by Gasteiger charge is -2.31. The highest BCUT2D eigenvalue weighted by Gasteiger charge is 2.31. The lowest BCUT2D eigenvalue weighted by molar-refractivity contribution is 0.288. The summed E-state index contributed by atoms with van der Waals surface area (Å²) in [6, 6.07) is 0. The van der Waals surface area contributed by atoms with Crippen LogP contribution in [0.5, 0.6) is 11.5 Å². The van der Waals surface area contributed by atoms with Crippen LogP contribution in [0.25, 0.3) is 0 Å². The van der Waals surface area contributed by atoms with Crippen molar-refractivity contribution in [3.63, 3.8) is 0 Å². The number of ether oxygens (including phenoxy) is 2. The van der Waals surface area contributed by atoms with Gasteiger partial charge in [0.05, 0.1) is 14.2 Å². The second-order valence-corrected chi connectivity index (χ2v) is 6.59. The van der Waals surface area contributed by atoms with Crippen LogP contribution in [0.4, 0.5) is 8.78 Å². The second kappa shape index (κ2) is 7.98. The molecule has 0 saturated heterocycles. The van der Waals surface area contributed by atoms with Crippen molar-refractivity contribution in [2.75, 3.05) is 14.2 Å². The fraction of sp³-hybridized carbons (Fsp3) is 0.684. The van der Waals surface area contributed by atoms with Crippen LogP contribution in [-0.4, -0.2) is 14.2 Å². The molecule has 1 aliphatic carbocycles. The molecular weight excluding hydrogens is 298 g/mol. The van der Waals surface area contributed by atoms with Gasteiger partial charge in [-0.05, 0) is 50.0 Å². The smallest absolute Gasteiger partial charge is 0.204 e. The highest BCUT2D eigenvalue weighted by molar-refractivity contribution is 5.54. The number of rotatable bonds is 6. The van der Waals surface area contributed by atoms with Gasteiger partial charge in [-0.15, -0.1) is 0 Å². The minimum absolute atomic E-state index is 0.112. The van der Waals surface area contributed by atoms with Crippen LogP contribution in [0.2, 0.25) is 0 Å². The van der Waals surface area contributed by atoms with Gasteiger partial charge in [-0.3, -0.25) is 0 Å². The molecule has 0 aliphatic heterocycles. The van der Waals surface area contributed by atoms with Crippen molar-refractivity contribution >= 4 is 0 Å². The molecule has 0 N–H and O–H groups in total. The van der Waals surface area contributed by atoms with E-state index < -0.39 is 11.6 Å². The van der Waals surface area contributed by atoms with Crippen LogP contribution >= 0.6 is 0 Å². The number of benzene rings is 1. The zero-order valence-electron chi connectivity index (χ0n) is 14.7. The number of unbranched alkanes of at least 4 members (excludes halogenated alkanes) is 1. The Labute approximate surface area is 138 Å². The number of hydrogen-bond acceptors (Lipinski definition) is 2. The summed E-state index contributed by atoms with van der Waals surface area (Å²) in [6.45, 7) is 3.85. The molecule has 2 nitrogen and oxygen atoms in total. The van der Waals surface area contributed by atoms with Gasteiger partial charge in [-0.1, -0.05) is 26.2 Å². The molecule has 0 amide bonds. The minimum atomic E-state index is -0.956. The lowest BCUT2D eigenvalue weighted by atomic mass is 9.75. The summed E-state index contributed by atoms with van der Waals surface area (Å²) in [5.74, 6) is -0.538. The van der Waals surface area contributed by atoms with Gasteiger partial charge in [0.25, 0.3) is 0 Å². The first-order chi connectivity index (χ1) is 11.0. The molecule has 130 valence electrons. The van der Waals surface area contributed by atoms with E-state index in [-0.39, 0.29) is 11.7 Å². The Morgan fingerprint density at radius 3 is 2.09 bits per heavy atom. The molecule has 1 aliphatic rings. The predicted octanol–water partition coefficient (Wildman–Crippen LogP) is 5.75. The molecule has 1 fully saturated rings. The lowest BCUT2D eigenvalue weighted by Crippen LogP contribution is -2.16. The molecule has 1 aromatic carbocycles. The van der Waals surface area contributed by atoms with Crippen molar-refractivity contribution in [2.45, 2.75) is 64.7 Å². The Kier molecular flexibility index (Phi) is 6.25. The molecule has 4 heteroatoms. The third-order valence-corrected chi connectivity index (χ3v) is 5.21. The maximum Gasteiger partial charge on any atom is 0.204 e. The van der Waals surface area contributed by atoms with Crippen molar-refractivity contribution < 1.29 is 18.3 Å². The summed E-state index contributed by atoms with van der Waals surface area (Å²) in [4.78, 5) is 0. The van der Waals surface area contributed by atoms with Gasteiger partial charge in [0.2, 0.25) is 5.82 Å². The standard InChI is InChI=1S/C19H28F2O2/c1-5-6-7-13-8-10-14(11-9-13)15-12(2)16(20)17(21)19(23-4)18(15)22-3/h13-14H,5-11H2,1-4H3. The van der Waals surface area contributed by atoms with Crippen LogP contribution in [0, 0.1) is 24.5 Å². The zero-order valence-corrected chi connectivity index (χ0v) is 14.7. The van der Waals surface area contributed by atoms with Crippen molar-refractivity contribution in [3.8, 4) is 11.5 Å². The first-order valence-corrected chi connectivity index (χ1v) is 8.64. The molecule has 0 atom stereocenters. The molecule has 0 heterocycles. The van der Waals surface area contributed by atoms with E-state index in [1.54, 1.807) is 6.92 Å². The Balaban J connectivity index is 2.28. The first-order valence-electron chi connectivity index (χ1n) is 8.64. The maximum absolute atomic E-state index is 14.2. The van der Waals surface area contributed by atoms with E-state index in [0.717, 1.165) is 37.2 Å². The van der Waals surface area contributed by atoms with Crippen molar-refractivity contribution in [1.29, 1.82) is 0 Å². The number of methoxy groups -OCH3 is 2. The third-order valence-electron chi connectivity index (χ3n) is 5.21. The second-order valence-electron chi connectivity index (χ2n) is 6.59. The van der Waals surface area contributed by atoms with Crippen LogP contribution in [0.15, 0.2) is 0 Å². The highest BCUT2D eigenvalue weighted by Crippen LogP contribution is 2.47. The van der Waals surface area contributed by atoms with E-state index in [1.807, 2.05) is 0 Å². The molecule has 23 heavy (non-hydrogen) atoms. The van der Waals surface area contributed by atoms with E-state index >= 15 is 0 Å². The quantitative estimate of drug-likeness (QED) is 0.662. The van der Waals surface area contributed by atoms with E-state index in [9.17, 15) is 8.78 Å². The molecule has 0 radical (unpaired) electrons. The van der Waals surface area contributed by atoms with Gasteiger partial charge in [-0.2, -0.15) is 4.39 Å². The molecule has 1 aromatic rings. The van der Waals surface area contributed by atoms with Gasteiger partial charge in [0.1, 0.15) is 0 Å². The summed E-state index contributed by atoms with van der Waals surface area (Å²) in [6.07, 6.45) is 8.08. The van der Waals surface area contributed by atoms with Crippen LogP contribution in [-0.2, 0) is 0 Å². The first kappa shape index (κ1) is 18.0. The molecule has 1 saturated carbocycles. The molecule has 0 aromatic heterocycles. The van der Waals surface area contributed by atoms with Gasteiger partial charge >= 0.3 is 0 Å². The molecule has 0 unspecified atom stereocenters. The topological polar surface area (TPSA) is 18.5 Å². The van der Waals surface area contributed by atoms with Gasteiger partial charge in [-0.25, -0.2) is 4.39 Å². The normalized spacial score (nSPS) is 21.3. The minimum Gasteiger partial charge on any atom is -0.492 e. The van der Waals surface area contributed by atoms with E-state index in [0.29, 0.717) is 11.3 Å². The monoisotopic (exact) mass is 326 g/mol. The molecule has 0 spiro atoms. The fourth-order valence-electron chi connectivity index (χ4n) is 3.88. The molecule has 0 bridgehead atoms. The zero-order chi connectivity index (χ0) is 17.0. The Morgan fingerprint density at radius 1 is 0.957 bits per heavy atom. The van der Waals surface area contributed by atoms with Gasteiger partial charge in [0.15, 0.2) is 17.3 Å². The fourth-order valence-corrected chi connectivity index (χ4v) is 3.88. The van der Waals surface area contributed by atoms with Crippen LogP contribution in [0.1, 0.15) is 68.9 Å². The van der Waals surface area contributed by atoms with Crippen molar-refractivity contribution in [1.82, 2.24) is 0 Å². The van der Waals surface area contributed by atoms with Gasteiger partial charge < -0.3 is 9.47 Å². The molecule has 2 rings (SSSR count). The summed E-state index contributed by atoms with van der Waals surface area (Å²) in [5, 5.41) is 0. The summed E-state index contributed by atoms with van der Waals surface area (Å²) < 4.78 is 38.8. The Hall–Kier alpha value is -1.32. The van der Waals surface area contributed by atoms with Crippen LogP contribution in [0.3, 0.4) is 0 Å². The summed E-state index contributed by atoms with van der Waals surface area (Å²) in [5.41, 5.74) is 1.15. The summed E-state index contributed by atoms with van der Waals surface area (Å²) >= 11 is 0. The van der Waals surface area contributed by atoms with E-state index in [2.05, 4.69) is 6.92 Å².